The summed E-state index contributed by atoms with van der Waals surface area (Å²) in [7, 11) is 1.68. The number of methoxy groups -OCH3 is 1. The first-order valence-corrected chi connectivity index (χ1v) is 9.28. The number of aromatic nitrogens is 2. The van der Waals surface area contributed by atoms with Crippen LogP contribution in [0.1, 0.15) is 22.5 Å². The number of hydrogen-bond acceptors (Lipinski definition) is 4. The second kappa shape index (κ2) is 7.45. The smallest absolute Gasteiger partial charge is 0.164 e. The highest BCUT2D eigenvalue weighted by Crippen LogP contribution is 2.34. The number of ether oxygens (including phenoxy) is 2. The van der Waals surface area contributed by atoms with Crippen LogP contribution in [0.25, 0.3) is 5.69 Å². The topological polar surface area (TPSA) is 48.3 Å². The lowest BCUT2D eigenvalue weighted by atomic mass is 10.0. The van der Waals surface area contributed by atoms with Gasteiger partial charge in [-0.3, -0.25) is 0 Å². The first-order chi connectivity index (χ1) is 13.1. The van der Waals surface area contributed by atoms with Crippen LogP contribution < -0.4 is 14.8 Å². The van der Waals surface area contributed by atoms with Gasteiger partial charge in [-0.15, -0.1) is 0 Å². The largest absolute Gasteiger partial charge is 0.493 e. The van der Waals surface area contributed by atoms with Crippen molar-refractivity contribution < 1.29 is 9.47 Å². The molecule has 5 heteroatoms. The molecular weight excluding hydrogens is 338 g/mol. The van der Waals surface area contributed by atoms with Crippen molar-refractivity contribution in [3.8, 4) is 17.2 Å². The Labute approximate surface area is 159 Å². The van der Waals surface area contributed by atoms with E-state index in [4.69, 9.17) is 9.47 Å². The third kappa shape index (κ3) is 3.69. The number of rotatable bonds is 5. The Morgan fingerprint density at radius 3 is 2.81 bits per heavy atom. The van der Waals surface area contributed by atoms with Gasteiger partial charge in [-0.05, 0) is 55.7 Å². The summed E-state index contributed by atoms with van der Waals surface area (Å²) in [6.07, 6.45) is 0.934. The predicted octanol–water partition coefficient (Wildman–Crippen LogP) is 3.59. The maximum atomic E-state index is 5.96. The van der Waals surface area contributed by atoms with Crippen LogP contribution in [0.5, 0.6) is 11.5 Å². The van der Waals surface area contributed by atoms with Gasteiger partial charge >= 0.3 is 0 Å². The van der Waals surface area contributed by atoms with E-state index in [-0.39, 0.29) is 6.04 Å². The summed E-state index contributed by atoms with van der Waals surface area (Å²) >= 11 is 0. The third-order valence-electron chi connectivity index (χ3n) is 4.94. The summed E-state index contributed by atoms with van der Waals surface area (Å²) < 4.78 is 13.3. The molecule has 0 saturated heterocycles. The Balaban J connectivity index is 1.44. The lowest BCUT2D eigenvalue weighted by Crippen LogP contribution is -2.38. The number of hydrogen-bond donors (Lipinski definition) is 1. The minimum absolute atomic E-state index is 0.280. The minimum Gasteiger partial charge on any atom is -0.493 e. The monoisotopic (exact) mass is 363 g/mol. The number of nitrogens with zero attached hydrogens (tertiary/aromatic N) is 2. The fourth-order valence-corrected chi connectivity index (χ4v) is 3.64. The lowest BCUT2D eigenvalue weighted by Gasteiger charge is -2.27. The predicted molar refractivity (Wildman–Crippen MR) is 106 cm³/mol. The molecule has 0 amide bonds. The third-order valence-corrected chi connectivity index (χ3v) is 4.94. The molecule has 0 bridgehead atoms. The van der Waals surface area contributed by atoms with Gasteiger partial charge in [0.1, 0.15) is 6.61 Å². The minimum atomic E-state index is 0.280. The van der Waals surface area contributed by atoms with Crippen molar-refractivity contribution >= 4 is 0 Å². The zero-order valence-corrected chi connectivity index (χ0v) is 16.0. The molecule has 4 rings (SSSR count). The van der Waals surface area contributed by atoms with Crippen molar-refractivity contribution in [3.63, 3.8) is 0 Å². The normalized spacial score (nSPS) is 15.9. The molecule has 27 heavy (non-hydrogen) atoms. The van der Waals surface area contributed by atoms with E-state index in [9.17, 15) is 0 Å². The molecule has 0 unspecified atom stereocenters. The maximum absolute atomic E-state index is 5.96. The van der Waals surface area contributed by atoms with Crippen molar-refractivity contribution in [2.24, 2.45) is 0 Å². The van der Waals surface area contributed by atoms with E-state index in [0.29, 0.717) is 6.61 Å². The van der Waals surface area contributed by atoms with Crippen LogP contribution in [0.3, 0.4) is 0 Å². The molecule has 2 aromatic carbocycles. The average Bonchev–Trinajstić information content (AvgIpc) is 3.04. The van der Waals surface area contributed by atoms with Gasteiger partial charge in [-0.25, -0.2) is 4.68 Å². The summed E-state index contributed by atoms with van der Waals surface area (Å²) in [4.78, 5) is 0. The molecule has 2 heterocycles. The highest BCUT2D eigenvalue weighted by atomic mass is 16.5. The van der Waals surface area contributed by atoms with Crippen LogP contribution in [0.4, 0.5) is 0 Å². The molecule has 1 N–H and O–H groups in total. The molecule has 140 valence electrons. The second-order valence-corrected chi connectivity index (χ2v) is 7.05. The molecule has 5 nitrogen and oxygen atoms in total. The van der Waals surface area contributed by atoms with Gasteiger partial charge in [0, 0.05) is 18.3 Å². The van der Waals surface area contributed by atoms with Gasteiger partial charge in [0.15, 0.2) is 11.5 Å². The number of aryl methyl sites for hydroxylation is 2. The first kappa shape index (κ1) is 17.6. The average molecular weight is 363 g/mol. The van der Waals surface area contributed by atoms with Gasteiger partial charge in [0.25, 0.3) is 0 Å². The molecule has 3 aromatic rings. The van der Waals surface area contributed by atoms with Gasteiger partial charge in [0.2, 0.25) is 0 Å². The first-order valence-electron chi connectivity index (χ1n) is 9.28. The van der Waals surface area contributed by atoms with Crippen LogP contribution in [-0.4, -0.2) is 29.5 Å². The SMILES string of the molecule is COc1cccc2c1OC[C@@H](NCc1cccc(-n3nc(C)cc3C)c1)C2. The number of benzene rings is 2. The van der Waals surface area contributed by atoms with Crippen molar-refractivity contribution in [3.05, 3.63) is 71.0 Å². The van der Waals surface area contributed by atoms with E-state index in [2.05, 4.69) is 53.7 Å². The molecule has 1 aromatic heterocycles. The van der Waals surface area contributed by atoms with Gasteiger partial charge in [-0.2, -0.15) is 5.10 Å². The Hall–Kier alpha value is -2.79. The van der Waals surface area contributed by atoms with Crippen LogP contribution in [-0.2, 0) is 13.0 Å². The van der Waals surface area contributed by atoms with E-state index in [1.807, 2.05) is 23.7 Å². The fourth-order valence-electron chi connectivity index (χ4n) is 3.64. The lowest BCUT2D eigenvalue weighted by molar-refractivity contribution is 0.226. The molecule has 1 aliphatic heterocycles. The fraction of sp³-hybridized carbons (Fsp3) is 0.318. The quantitative estimate of drug-likeness (QED) is 0.753. The zero-order chi connectivity index (χ0) is 18.8. The maximum Gasteiger partial charge on any atom is 0.164 e. The highest BCUT2D eigenvalue weighted by molar-refractivity contribution is 5.48. The molecule has 1 atom stereocenters. The number of para-hydroxylation sites is 1. The van der Waals surface area contributed by atoms with Gasteiger partial charge < -0.3 is 14.8 Å². The van der Waals surface area contributed by atoms with Crippen LogP contribution in [0, 0.1) is 13.8 Å². The molecule has 0 saturated carbocycles. The number of fused-ring (bicyclic) bond motifs is 1. The summed E-state index contributed by atoms with van der Waals surface area (Å²) in [6.45, 7) is 5.53. The zero-order valence-electron chi connectivity index (χ0n) is 16.0. The Kier molecular flexibility index (Phi) is 4.86. The molecule has 0 fully saturated rings. The standard InChI is InChI=1S/C22H25N3O2/c1-15-10-16(2)25(24-15)20-8-4-6-17(11-20)13-23-19-12-18-7-5-9-21(26-3)22(18)27-14-19/h4-11,19,23H,12-14H2,1-3H3/t19-/m0/s1. The molecule has 0 radical (unpaired) electrons. The molecule has 0 aliphatic carbocycles. The molecule has 0 spiro atoms. The van der Waals surface area contributed by atoms with Crippen LogP contribution >= 0.6 is 0 Å². The van der Waals surface area contributed by atoms with Gasteiger partial charge in [0.05, 0.1) is 18.5 Å². The van der Waals surface area contributed by atoms with Crippen molar-refractivity contribution in [2.75, 3.05) is 13.7 Å². The molecular formula is C22H25N3O2. The van der Waals surface area contributed by atoms with Crippen molar-refractivity contribution in [1.82, 2.24) is 15.1 Å². The van der Waals surface area contributed by atoms with Crippen molar-refractivity contribution in [2.45, 2.75) is 32.9 Å². The second-order valence-electron chi connectivity index (χ2n) is 7.05. The summed E-state index contributed by atoms with van der Waals surface area (Å²) in [6, 6.07) is 16.9. The molecule has 1 aliphatic rings. The van der Waals surface area contributed by atoms with Crippen LogP contribution in [0.2, 0.25) is 0 Å². The van der Waals surface area contributed by atoms with E-state index in [0.717, 1.165) is 41.5 Å². The van der Waals surface area contributed by atoms with E-state index in [1.54, 1.807) is 7.11 Å². The number of nitrogens with one attached hydrogen (secondary N) is 1. The van der Waals surface area contributed by atoms with Crippen LogP contribution in [0.15, 0.2) is 48.5 Å². The Morgan fingerprint density at radius 2 is 2.04 bits per heavy atom. The van der Waals surface area contributed by atoms with Crippen molar-refractivity contribution in [1.29, 1.82) is 0 Å². The Bertz CT molecular complexity index is 948. The summed E-state index contributed by atoms with van der Waals surface area (Å²) in [5.74, 6) is 1.69. The summed E-state index contributed by atoms with van der Waals surface area (Å²) in [5, 5.41) is 8.20. The van der Waals surface area contributed by atoms with E-state index in [1.165, 1.54) is 11.1 Å². The van der Waals surface area contributed by atoms with E-state index < -0.39 is 0 Å². The van der Waals surface area contributed by atoms with E-state index >= 15 is 0 Å². The highest BCUT2D eigenvalue weighted by Gasteiger charge is 2.22. The Morgan fingerprint density at radius 1 is 1.19 bits per heavy atom. The summed E-state index contributed by atoms with van der Waals surface area (Å²) in [5.41, 5.74) is 5.69. The van der Waals surface area contributed by atoms with Gasteiger partial charge in [-0.1, -0.05) is 24.3 Å².